The third kappa shape index (κ3) is 44.5. The van der Waals surface area contributed by atoms with Crippen LogP contribution < -0.4 is 0 Å². The predicted octanol–water partition coefficient (Wildman–Crippen LogP) is 15.9. The minimum Gasteiger partial charge on any atom is -0.462 e. The van der Waals surface area contributed by atoms with Gasteiger partial charge in [0.05, 0.1) is 0 Å². The molecule has 1 unspecified atom stereocenters. The monoisotopic (exact) mass is 813 g/mol. The molecular weight excluding hydrogens is 721 g/mol. The second-order valence-electron chi connectivity index (χ2n) is 16.4. The maximum absolute atomic E-state index is 12.7. The Balaban J connectivity index is 4.41. The normalized spacial score (nSPS) is 12.4. The van der Waals surface area contributed by atoms with Gasteiger partial charge in [-0.05, 0) is 64.2 Å². The van der Waals surface area contributed by atoms with E-state index in [4.69, 9.17) is 14.2 Å². The number of rotatable bonds is 44. The first-order valence-electron chi connectivity index (χ1n) is 24.7. The van der Waals surface area contributed by atoms with Gasteiger partial charge in [0.25, 0.3) is 0 Å². The molecule has 0 saturated carbocycles. The number of unbranched alkanes of at least 4 members (excludes halogenated alkanes) is 27. The van der Waals surface area contributed by atoms with Crippen molar-refractivity contribution < 1.29 is 28.6 Å². The van der Waals surface area contributed by atoms with E-state index in [9.17, 15) is 14.4 Å². The molecule has 0 fully saturated rings. The van der Waals surface area contributed by atoms with Gasteiger partial charge in [-0.25, -0.2) is 0 Å². The van der Waals surface area contributed by atoms with Gasteiger partial charge in [0, 0.05) is 19.3 Å². The van der Waals surface area contributed by atoms with Crippen LogP contribution in [0.2, 0.25) is 0 Å². The molecule has 0 saturated heterocycles. The van der Waals surface area contributed by atoms with Crippen LogP contribution in [0.1, 0.15) is 245 Å². The van der Waals surface area contributed by atoms with Crippen LogP contribution in [0.15, 0.2) is 48.6 Å². The molecule has 1 atom stereocenters. The van der Waals surface area contributed by atoms with E-state index in [2.05, 4.69) is 69.4 Å². The summed E-state index contributed by atoms with van der Waals surface area (Å²) in [5.41, 5.74) is 0. The Morgan fingerprint density at radius 3 is 1.10 bits per heavy atom. The Morgan fingerprint density at radius 1 is 0.362 bits per heavy atom. The molecule has 0 N–H and O–H groups in total. The molecule has 0 aliphatic heterocycles. The summed E-state index contributed by atoms with van der Waals surface area (Å²) in [4.78, 5) is 37.9. The van der Waals surface area contributed by atoms with Crippen LogP contribution in [0.3, 0.4) is 0 Å². The predicted molar refractivity (Wildman–Crippen MR) is 247 cm³/mol. The zero-order chi connectivity index (χ0) is 42.3. The summed E-state index contributed by atoms with van der Waals surface area (Å²) in [6, 6.07) is 0. The van der Waals surface area contributed by atoms with Crippen molar-refractivity contribution in [3.8, 4) is 0 Å². The average Bonchev–Trinajstić information content (AvgIpc) is 3.22. The van der Waals surface area contributed by atoms with Crippen molar-refractivity contribution in [2.45, 2.75) is 252 Å². The first-order valence-corrected chi connectivity index (χ1v) is 24.7. The Hall–Kier alpha value is -2.63. The van der Waals surface area contributed by atoms with Gasteiger partial charge in [0.2, 0.25) is 0 Å². The molecule has 0 aromatic heterocycles. The van der Waals surface area contributed by atoms with Crippen LogP contribution in [-0.2, 0) is 28.6 Å². The van der Waals surface area contributed by atoms with E-state index in [1.807, 2.05) is 0 Å². The number of esters is 3. The molecule has 336 valence electrons. The highest BCUT2D eigenvalue weighted by molar-refractivity contribution is 5.71. The fourth-order valence-corrected chi connectivity index (χ4v) is 6.91. The van der Waals surface area contributed by atoms with E-state index in [0.717, 1.165) is 96.3 Å². The molecule has 0 bridgehead atoms. The van der Waals surface area contributed by atoms with Crippen molar-refractivity contribution in [2.75, 3.05) is 13.2 Å². The van der Waals surface area contributed by atoms with Crippen LogP contribution >= 0.6 is 0 Å². The lowest BCUT2D eigenvalue weighted by Crippen LogP contribution is -2.30. The van der Waals surface area contributed by atoms with Gasteiger partial charge in [-0.15, -0.1) is 0 Å². The molecule has 6 heteroatoms. The zero-order valence-corrected chi connectivity index (χ0v) is 38.3. The summed E-state index contributed by atoms with van der Waals surface area (Å²) in [5, 5.41) is 0. The van der Waals surface area contributed by atoms with E-state index < -0.39 is 6.10 Å². The third-order valence-corrected chi connectivity index (χ3v) is 10.6. The van der Waals surface area contributed by atoms with Crippen LogP contribution in [0, 0.1) is 0 Å². The van der Waals surface area contributed by atoms with E-state index in [-0.39, 0.29) is 31.1 Å². The highest BCUT2D eigenvalue weighted by Crippen LogP contribution is 2.15. The fourth-order valence-electron chi connectivity index (χ4n) is 6.91. The SMILES string of the molecule is CC\C=C/C=C\C=C/CCCCCCCC(=O)OC(COC(=O)CCCCC/C=C\CCCCCCCCC)COC(=O)CCCCCCCCCCCCCCC. The summed E-state index contributed by atoms with van der Waals surface area (Å²) in [7, 11) is 0. The van der Waals surface area contributed by atoms with Gasteiger partial charge >= 0.3 is 17.9 Å². The van der Waals surface area contributed by atoms with E-state index in [1.54, 1.807) is 0 Å². The molecule has 0 amide bonds. The lowest BCUT2D eigenvalue weighted by Gasteiger charge is -2.18. The number of ether oxygens (including phenoxy) is 3. The Kier molecular flexibility index (Phi) is 44.9. The zero-order valence-electron chi connectivity index (χ0n) is 38.3. The molecule has 0 spiro atoms. The first-order chi connectivity index (χ1) is 28.5. The molecule has 0 aliphatic carbocycles. The number of allylic oxidation sites excluding steroid dienone is 8. The summed E-state index contributed by atoms with van der Waals surface area (Å²) in [6.07, 6.45) is 55.2. The summed E-state index contributed by atoms with van der Waals surface area (Å²) in [5.74, 6) is -0.917. The van der Waals surface area contributed by atoms with Crippen molar-refractivity contribution in [2.24, 2.45) is 0 Å². The maximum Gasteiger partial charge on any atom is 0.306 e. The summed E-state index contributed by atoms with van der Waals surface area (Å²) < 4.78 is 16.7. The summed E-state index contributed by atoms with van der Waals surface area (Å²) in [6.45, 7) is 6.47. The second kappa shape index (κ2) is 47.1. The Labute approximate surface area is 358 Å². The molecule has 0 aromatic rings. The van der Waals surface area contributed by atoms with Crippen molar-refractivity contribution in [3.05, 3.63) is 48.6 Å². The quantitative estimate of drug-likeness (QED) is 0.0200. The molecule has 0 heterocycles. The molecule has 58 heavy (non-hydrogen) atoms. The second-order valence-corrected chi connectivity index (χ2v) is 16.4. The van der Waals surface area contributed by atoms with Crippen molar-refractivity contribution in [1.29, 1.82) is 0 Å². The van der Waals surface area contributed by atoms with Crippen molar-refractivity contribution in [3.63, 3.8) is 0 Å². The van der Waals surface area contributed by atoms with Crippen LogP contribution in [0.25, 0.3) is 0 Å². The third-order valence-electron chi connectivity index (χ3n) is 10.6. The molecule has 0 aliphatic rings. The highest BCUT2D eigenvalue weighted by Gasteiger charge is 2.19. The van der Waals surface area contributed by atoms with Gasteiger partial charge in [-0.3, -0.25) is 14.4 Å². The number of carbonyl (C=O) groups is 3. The van der Waals surface area contributed by atoms with Gasteiger partial charge in [0.1, 0.15) is 13.2 Å². The van der Waals surface area contributed by atoms with Crippen molar-refractivity contribution in [1.82, 2.24) is 0 Å². The Morgan fingerprint density at radius 2 is 0.690 bits per heavy atom. The molecule has 0 rings (SSSR count). The van der Waals surface area contributed by atoms with E-state index >= 15 is 0 Å². The number of hydrogen-bond donors (Lipinski definition) is 0. The van der Waals surface area contributed by atoms with Crippen LogP contribution in [0.4, 0.5) is 0 Å². The molecule has 6 nitrogen and oxygen atoms in total. The first kappa shape index (κ1) is 55.4. The van der Waals surface area contributed by atoms with Crippen LogP contribution in [0.5, 0.6) is 0 Å². The lowest BCUT2D eigenvalue weighted by atomic mass is 10.0. The molecular formula is C52H92O6. The summed E-state index contributed by atoms with van der Waals surface area (Å²) >= 11 is 0. The molecule has 0 radical (unpaired) electrons. The van der Waals surface area contributed by atoms with Crippen LogP contribution in [-0.4, -0.2) is 37.2 Å². The van der Waals surface area contributed by atoms with Crippen molar-refractivity contribution >= 4 is 17.9 Å². The fraction of sp³-hybridized carbons (Fsp3) is 0.788. The standard InChI is InChI=1S/C52H92O6/c1-4-7-10-13-16-19-22-25-28-30-33-36-39-42-45-51(54)57-48-49(58-52(55)46-43-40-37-34-31-27-24-21-18-15-12-9-6-3)47-56-50(53)44-41-38-35-32-29-26-23-20-17-14-11-8-5-2/h9,12,15,18,21,24,28,30,49H,4-8,10-11,13-14,16-17,19-20,22-23,25-27,29,31-48H2,1-3H3/b12-9-,18-15-,24-21-,30-28-. The maximum atomic E-state index is 12.7. The van der Waals surface area contributed by atoms with Gasteiger partial charge in [-0.1, -0.05) is 211 Å². The number of carbonyl (C=O) groups excluding carboxylic acids is 3. The number of hydrogen-bond acceptors (Lipinski definition) is 6. The Bertz CT molecular complexity index is 1030. The minimum absolute atomic E-state index is 0.0842. The van der Waals surface area contributed by atoms with Gasteiger partial charge in [0.15, 0.2) is 6.10 Å². The molecule has 0 aromatic carbocycles. The van der Waals surface area contributed by atoms with E-state index in [1.165, 1.54) is 109 Å². The smallest absolute Gasteiger partial charge is 0.306 e. The van der Waals surface area contributed by atoms with Gasteiger partial charge in [-0.2, -0.15) is 0 Å². The van der Waals surface area contributed by atoms with Gasteiger partial charge < -0.3 is 14.2 Å². The topological polar surface area (TPSA) is 78.9 Å². The average molecular weight is 813 g/mol. The largest absolute Gasteiger partial charge is 0.462 e. The minimum atomic E-state index is -0.785. The van der Waals surface area contributed by atoms with E-state index in [0.29, 0.717) is 19.3 Å². The lowest BCUT2D eigenvalue weighted by molar-refractivity contribution is -0.167. The highest BCUT2D eigenvalue weighted by atomic mass is 16.6.